The molecule has 0 amide bonds. The van der Waals surface area contributed by atoms with Crippen LogP contribution >= 0.6 is 0 Å². The molecule has 110 valence electrons. The summed E-state index contributed by atoms with van der Waals surface area (Å²) in [5.41, 5.74) is 1.91. The molecule has 0 aromatic carbocycles. The van der Waals surface area contributed by atoms with Crippen LogP contribution < -0.4 is 10.6 Å². The number of nitrogens with one attached hydrogen (secondary N) is 1. The smallest absolute Gasteiger partial charge is 0.185 e. The number of hydrogen-bond acceptors (Lipinski definition) is 1. The standard InChI is InChI=1S/C18H27NO/c1-7-12-13(8-2)19-15-14(12)17(5,6)11-18(9-3,10-4)16(15)20/h7-8,19H,9-11H2,1-6H3. The van der Waals surface area contributed by atoms with E-state index in [2.05, 4.69) is 51.8 Å². The summed E-state index contributed by atoms with van der Waals surface area (Å²) in [6.07, 6.45) is 6.98. The predicted octanol–water partition coefficient (Wildman–Crippen LogP) is 3.29. The molecule has 0 atom stereocenters. The Morgan fingerprint density at radius 3 is 2.20 bits per heavy atom. The van der Waals surface area contributed by atoms with Crippen molar-refractivity contribution >= 4 is 17.9 Å². The van der Waals surface area contributed by atoms with Crippen LogP contribution in [-0.4, -0.2) is 10.8 Å². The van der Waals surface area contributed by atoms with Gasteiger partial charge in [-0.05, 0) is 49.3 Å². The van der Waals surface area contributed by atoms with Crippen LogP contribution in [0.3, 0.4) is 0 Å². The molecule has 2 rings (SSSR count). The van der Waals surface area contributed by atoms with Gasteiger partial charge in [-0.1, -0.05) is 39.8 Å². The third-order valence-corrected chi connectivity index (χ3v) is 5.17. The molecule has 0 spiro atoms. The Morgan fingerprint density at radius 1 is 1.15 bits per heavy atom. The Labute approximate surface area is 122 Å². The number of hydrogen-bond donors (Lipinski definition) is 1. The van der Waals surface area contributed by atoms with Gasteiger partial charge in [0.05, 0.1) is 5.69 Å². The molecule has 20 heavy (non-hydrogen) atoms. The number of Topliss-reactive ketones (excluding diaryl/α,β-unsaturated/α-hetero) is 1. The van der Waals surface area contributed by atoms with E-state index in [1.54, 1.807) is 0 Å². The predicted molar refractivity (Wildman–Crippen MR) is 85.3 cm³/mol. The zero-order valence-corrected chi connectivity index (χ0v) is 13.7. The molecular weight excluding hydrogens is 246 g/mol. The number of rotatable bonds is 2. The molecule has 1 heterocycles. The number of aromatic amines is 1. The summed E-state index contributed by atoms with van der Waals surface area (Å²) in [6.45, 7) is 12.9. The van der Waals surface area contributed by atoms with Crippen LogP contribution in [0.1, 0.15) is 76.9 Å². The van der Waals surface area contributed by atoms with Crippen LogP contribution in [-0.2, 0) is 5.41 Å². The van der Waals surface area contributed by atoms with Crippen molar-refractivity contribution in [2.75, 3.05) is 0 Å². The van der Waals surface area contributed by atoms with Crippen LogP contribution in [0, 0.1) is 5.41 Å². The topological polar surface area (TPSA) is 32.9 Å². The number of ketones is 1. The summed E-state index contributed by atoms with van der Waals surface area (Å²) in [7, 11) is 0. The van der Waals surface area contributed by atoms with E-state index in [4.69, 9.17) is 0 Å². The van der Waals surface area contributed by atoms with Gasteiger partial charge in [0.1, 0.15) is 0 Å². The Kier molecular flexibility index (Phi) is 3.70. The van der Waals surface area contributed by atoms with Crippen LogP contribution in [0.2, 0.25) is 0 Å². The molecule has 0 radical (unpaired) electrons. The first kappa shape index (κ1) is 15.1. The molecular formula is C18H27NO. The van der Waals surface area contributed by atoms with Gasteiger partial charge in [-0.15, -0.1) is 0 Å². The molecule has 0 saturated carbocycles. The highest BCUT2D eigenvalue weighted by molar-refractivity contribution is 6.02. The lowest BCUT2D eigenvalue weighted by atomic mass is 9.60. The highest BCUT2D eigenvalue weighted by atomic mass is 16.1. The van der Waals surface area contributed by atoms with Gasteiger partial charge in [0.15, 0.2) is 5.78 Å². The van der Waals surface area contributed by atoms with Crippen LogP contribution in [0.4, 0.5) is 0 Å². The minimum absolute atomic E-state index is 0.0366. The molecule has 0 bridgehead atoms. The maximum absolute atomic E-state index is 13.0. The Balaban J connectivity index is 2.85. The van der Waals surface area contributed by atoms with Crippen molar-refractivity contribution in [3.05, 3.63) is 21.8 Å². The SMILES string of the molecule is CC=c1[nH]c2c(c1=CC)C(C)(C)CC(CC)(CC)C2=O. The zero-order chi connectivity index (χ0) is 15.1. The van der Waals surface area contributed by atoms with Gasteiger partial charge in [-0.25, -0.2) is 0 Å². The van der Waals surface area contributed by atoms with E-state index in [0.717, 1.165) is 30.3 Å². The van der Waals surface area contributed by atoms with Crippen LogP contribution in [0.25, 0.3) is 12.2 Å². The molecule has 1 N–H and O–H groups in total. The molecule has 0 unspecified atom stereocenters. The largest absolute Gasteiger partial charge is 0.352 e. The van der Waals surface area contributed by atoms with Crippen molar-refractivity contribution < 1.29 is 4.79 Å². The van der Waals surface area contributed by atoms with Gasteiger partial charge >= 0.3 is 0 Å². The highest BCUT2D eigenvalue weighted by Gasteiger charge is 2.48. The van der Waals surface area contributed by atoms with E-state index in [9.17, 15) is 4.79 Å². The van der Waals surface area contributed by atoms with Gasteiger partial charge in [0, 0.05) is 10.8 Å². The highest BCUT2D eigenvalue weighted by Crippen LogP contribution is 2.47. The molecule has 0 saturated heterocycles. The number of fused-ring (bicyclic) bond motifs is 1. The van der Waals surface area contributed by atoms with E-state index >= 15 is 0 Å². The lowest BCUT2D eigenvalue weighted by Gasteiger charge is -2.42. The number of carbonyl (C=O) groups is 1. The van der Waals surface area contributed by atoms with E-state index < -0.39 is 0 Å². The fraction of sp³-hybridized carbons (Fsp3) is 0.611. The second-order valence-corrected chi connectivity index (χ2v) is 6.66. The fourth-order valence-corrected chi connectivity index (χ4v) is 4.04. The molecule has 0 fully saturated rings. The average molecular weight is 273 g/mol. The number of aromatic nitrogens is 1. The van der Waals surface area contributed by atoms with Crippen molar-refractivity contribution in [1.29, 1.82) is 0 Å². The summed E-state index contributed by atoms with van der Waals surface area (Å²) in [4.78, 5) is 16.4. The molecule has 1 aliphatic carbocycles. The van der Waals surface area contributed by atoms with Gasteiger partial charge < -0.3 is 4.98 Å². The van der Waals surface area contributed by atoms with Gasteiger partial charge in [0.2, 0.25) is 0 Å². The summed E-state index contributed by atoms with van der Waals surface area (Å²) >= 11 is 0. The van der Waals surface area contributed by atoms with E-state index in [1.807, 2.05) is 6.92 Å². The maximum Gasteiger partial charge on any atom is 0.185 e. The first-order valence-electron chi connectivity index (χ1n) is 7.76. The van der Waals surface area contributed by atoms with E-state index in [-0.39, 0.29) is 10.8 Å². The molecule has 1 aromatic heterocycles. The summed E-state index contributed by atoms with van der Waals surface area (Å²) in [6, 6.07) is 0. The van der Waals surface area contributed by atoms with Crippen molar-refractivity contribution in [1.82, 2.24) is 4.98 Å². The lowest BCUT2D eigenvalue weighted by molar-refractivity contribution is 0.0668. The van der Waals surface area contributed by atoms with Crippen LogP contribution in [0.5, 0.6) is 0 Å². The second-order valence-electron chi connectivity index (χ2n) is 6.66. The molecule has 0 aliphatic heterocycles. The summed E-state index contributed by atoms with van der Waals surface area (Å²) in [5, 5.41) is 2.29. The normalized spacial score (nSPS) is 22.2. The third-order valence-electron chi connectivity index (χ3n) is 5.17. The molecule has 1 aromatic rings. The zero-order valence-electron chi connectivity index (χ0n) is 13.7. The molecule has 2 nitrogen and oxygen atoms in total. The van der Waals surface area contributed by atoms with Gasteiger partial charge in [-0.3, -0.25) is 4.79 Å². The Bertz CT molecular complexity index is 642. The van der Waals surface area contributed by atoms with Crippen molar-refractivity contribution in [2.45, 2.75) is 66.2 Å². The Hall–Kier alpha value is -1.31. The fourth-order valence-electron chi connectivity index (χ4n) is 4.04. The van der Waals surface area contributed by atoms with Crippen molar-refractivity contribution in [3.8, 4) is 0 Å². The van der Waals surface area contributed by atoms with Gasteiger partial charge in [0.25, 0.3) is 0 Å². The molecule has 2 heteroatoms. The van der Waals surface area contributed by atoms with E-state index in [1.165, 1.54) is 10.8 Å². The second kappa shape index (κ2) is 4.91. The van der Waals surface area contributed by atoms with Crippen molar-refractivity contribution in [2.24, 2.45) is 5.41 Å². The lowest BCUT2D eigenvalue weighted by Crippen LogP contribution is -2.45. The third kappa shape index (κ3) is 1.88. The van der Waals surface area contributed by atoms with E-state index in [0.29, 0.717) is 5.78 Å². The van der Waals surface area contributed by atoms with Gasteiger partial charge in [-0.2, -0.15) is 0 Å². The first-order valence-corrected chi connectivity index (χ1v) is 7.76. The first-order chi connectivity index (χ1) is 9.36. The minimum atomic E-state index is -0.197. The quantitative estimate of drug-likeness (QED) is 0.881. The van der Waals surface area contributed by atoms with Crippen molar-refractivity contribution in [3.63, 3.8) is 0 Å². The monoisotopic (exact) mass is 273 g/mol. The number of carbonyl (C=O) groups excluding carboxylic acids is 1. The number of H-pyrrole nitrogens is 1. The minimum Gasteiger partial charge on any atom is -0.352 e. The maximum atomic E-state index is 13.0. The molecule has 1 aliphatic rings. The average Bonchev–Trinajstić information content (AvgIpc) is 2.82. The summed E-state index contributed by atoms with van der Waals surface area (Å²) < 4.78 is 0. The Morgan fingerprint density at radius 2 is 1.75 bits per heavy atom. The summed E-state index contributed by atoms with van der Waals surface area (Å²) in [5.74, 6) is 0.313. The van der Waals surface area contributed by atoms with Crippen LogP contribution in [0.15, 0.2) is 0 Å².